The van der Waals surface area contributed by atoms with Gasteiger partial charge in [-0.3, -0.25) is 0 Å². The van der Waals surface area contributed by atoms with Gasteiger partial charge in [0.1, 0.15) is 0 Å². The number of aromatic nitrogens is 2. The summed E-state index contributed by atoms with van der Waals surface area (Å²) in [7, 11) is 2.18. The van der Waals surface area contributed by atoms with Crippen molar-refractivity contribution in [1.82, 2.24) is 14.5 Å². The summed E-state index contributed by atoms with van der Waals surface area (Å²) in [5, 5.41) is 3.37. The molecule has 1 rings (SSSR count). The van der Waals surface area contributed by atoms with Gasteiger partial charge in [-0.2, -0.15) is 0 Å². The van der Waals surface area contributed by atoms with Gasteiger partial charge in [0, 0.05) is 31.5 Å². The van der Waals surface area contributed by atoms with Crippen molar-refractivity contribution in [1.29, 1.82) is 0 Å². The molecule has 0 aromatic carbocycles. The van der Waals surface area contributed by atoms with Crippen LogP contribution in [0.4, 0.5) is 5.95 Å². The third-order valence-electron chi connectivity index (χ3n) is 3.14. The molecule has 0 unspecified atom stereocenters. The van der Waals surface area contributed by atoms with E-state index in [2.05, 4.69) is 47.2 Å². The molecule has 4 nitrogen and oxygen atoms in total. The van der Waals surface area contributed by atoms with Crippen LogP contribution in [0, 0.1) is 0 Å². The molecule has 0 aliphatic rings. The molecule has 0 bridgehead atoms. The molecule has 1 N–H and O–H groups in total. The standard InChI is InChI=1S/C14H26N4/c1-5-10-18-12-9-16-14(18)15-8-6-7-11-17(4)13(2)3/h5,9,12-13H,1,6-8,10-11H2,2-4H3,(H,15,16). The van der Waals surface area contributed by atoms with Crippen LogP contribution in [-0.4, -0.2) is 40.6 Å². The van der Waals surface area contributed by atoms with Crippen molar-refractivity contribution >= 4 is 5.95 Å². The number of hydrogen-bond acceptors (Lipinski definition) is 3. The van der Waals surface area contributed by atoms with Gasteiger partial charge in [-0.15, -0.1) is 6.58 Å². The van der Waals surface area contributed by atoms with Crippen LogP contribution in [-0.2, 0) is 6.54 Å². The maximum Gasteiger partial charge on any atom is 0.203 e. The van der Waals surface area contributed by atoms with E-state index in [9.17, 15) is 0 Å². The molecule has 0 fully saturated rings. The molecule has 0 spiro atoms. The molecule has 0 amide bonds. The first-order valence-corrected chi connectivity index (χ1v) is 6.71. The number of hydrogen-bond donors (Lipinski definition) is 1. The van der Waals surface area contributed by atoms with Crippen molar-refractivity contribution in [2.24, 2.45) is 0 Å². The van der Waals surface area contributed by atoms with Crippen LogP contribution >= 0.6 is 0 Å². The van der Waals surface area contributed by atoms with E-state index in [0.29, 0.717) is 6.04 Å². The summed E-state index contributed by atoms with van der Waals surface area (Å²) in [6, 6.07) is 0.629. The van der Waals surface area contributed by atoms with E-state index in [1.165, 1.54) is 6.42 Å². The van der Waals surface area contributed by atoms with E-state index in [0.717, 1.165) is 32.0 Å². The van der Waals surface area contributed by atoms with Crippen LogP contribution < -0.4 is 5.32 Å². The lowest BCUT2D eigenvalue weighted by Gasteiger charge is -2.20. The predicted octanol–water partition coefficient (Wildman–Crippen LogP) is 2.60. The predicted molar refractivity (Wildman–Crippen MR) is 77.9 cm³/mol. The van der Waals surface area contributed by atoms with Gasteiger partial charge < -0.3 is 14.8 Å². The number of imidazole rings is 1. The molecular formula is C14H26N4. The molecule has 1 heterocycles. The minimum Gasteiger partial charge on any atom is -0.356 e. The van der Waals surface area contributed by atoms with Gasteiger partial charge in [0.2, 0.25) is 5.95 Å². The lowest BCUT2D eigenvalue weighted by atomic mass is 10.2. The number of nitrogens with zero attached hydrogens (tertiary/aromatic N) is 3. The summed E-state index contributed by atoms with van der Waals surface area (Å²) >= 11 is 0. The third-order valence-corrected chi connectivity index (χ3v) is 3.14. The van der Waals surface area contributed by atoms with Crippen LogP contribution in [0.25, 0.3) is 0 Å². The summed E-state index contributed by atoms with van der Waals surface area (Å²) in [6.07, 6.45) is 8.04. The maximum atomic E-state index is 4.29. The normalized spacial score (nSPS) is 11.2. The fourth-order valence-electron chi connectivity index (χ4n) is 1.71. The zero-order valence-corrected chi connectivity index (χ0v) is 11.9. The Labute approximate surface area is 111 Å². The number of unbranched alkanes of at least 4 members (excludes halogenated alkanes) is 1. The molecule has 0 aliphatic heterocycles. The van der Waals surface area contributed by atoms with E-state index in [1.807, 2.05) is 18.5 Å². The number of anilines is 1. The Bertz CT molecular complexity index is 343. The smallest absolute Gasteiger partial charge is 0.203 e. The van der Waals surface area contributed by atoms with Gasteiger partial charge in [0.15, 0.2) is 0 Å². The van der Waals surface area contributed by atoms with E-state index in [4.69, 9.17) is 0 Å². The van der Waals surface area contributed by atoms with Crippen LogP contribution in [0.1, 0.15) is 26.7 Å². The molecule has 1 aromatic rings. The largest absolute Gasteiger partial charge is 0.356 e. The van der Waals surface area contributed by atoms with Crippen LogP contribution in [0.15, 0.2) is 25.0 Å². The van der Waals surface area contributed by atoms with E-state index >= 15 is 0 Å². The molecule has 0 saturated heterocycles. The molecule has 18 heavy (non-hydrogen) atoms. The maximum absolute atomic E-state index is 4.29. The Kier molecular flexibility index (Phi) is 6.50. The summed E-state index contributed by atoms with van der Waals surface area (Å²) in [5.41, 5.74) is 0. The Morgan fingerprint density at radius 2 is 2.28 bits per heavy atom. The van der Waals surface area contributed by atoms with Gasteiger partial charge in [-0.05, 0) is 40.3 Å². The minimum absolute atomic E-state index is 0.629. The second-order valence-electron chi connectivity index (χ2n) is 4.90. The topological polar surface area (TPSA) is 33.1 Å². The molecule has 0 aliphatic carbocycles. The van der Waals surface area contributed by atoms with Gasteiger partial charge >= 0.3 is 0 Å². The van der Waals surface area contributed by atoms with Crippen molar-refractivity contribution in [3.05, 3.63) is 25.0 Å². The van der Waals surface area contributed by atoms with Crippen molar-refractivity contribution in [2.45, 2.75) is 39.3 Å². The highest BCUT2D eigenvalue weighted by Crippen LogP contribution is 2.05. The molecule has 4 heteroatoms. The number of rotatable bonds is 9. The molecule has 1 aromatic heterocycles. The van der Waals surface area contributed by atoms with Crippen molar-refractivity contribution in [3.63, 3.8) is 0 Å². The minimum atomic E-state index is 0.629. The van der Waals surface area contributed by atoms with Crippen molar-refractivity contribution in [2.75, 3.05) is 25.5 Å². The lowest BCUT2D eigenvalue weighted by molar-refractivity contribution is 0.269. The quantitative estimate of drug-likeness (QED) is 0.540. The fraction of sp³-hybridized carbons (Fsp3) is 0.643. The monoisotopic (exact) mass is 250 g/mol. The third kappa shape index (κ3) is 4.92. The number of nitrogens with one attached hydrogen (secondary N) is 1. The number of allylic oxidation sites excluding steroid dienone is 1. The Morgan fingerprint density at radius 3 is 2.94 bits per heavy atom. The molecule has 0 atom stereocenters. The van der Waals surface area contributed by atoms with Gasteiger partial charge in [0.25, 0.3) is 0 Å². The van der Waals surface area contributed by atoms with Crippen LogP contribution in [0.2, 0.25) is 0 Å². The lowest BCUT2D eigenvalue weighted by Crippen LogP contribution is -2.27. The molecule has 0 radical (unpaired) electrons. The SMILES string of the molecule is C=CCn1ccnc1NCCCCN(C)C(C)C. The molecular weight excluding hydrogens is 224 g/mol. The Balaban J connectivity index is 2.17. The summed E-state index contributed by atoms with van der Waals surface area (Å²) in [5.74, 6) is 0.937. The van der Waals surface area contributed by atoms with Gasteiger partial charge in [-0.25, -0.2) is 4.98 Å². The van der Waals surface area contributed by atoms with Crippen LogP contribution in [0.3, 0.4) is 0 Å². The highest BCUT2D eigenvalue weighted by atomic mass is 15.2. The Hall–Kier alpha value is -1.29. The zero-order valence-electron chi connectivity index (χ0n) is 11.9. The molecule has 102 valence electrons. The van der Waals surface area contributed by atoms with Gasteiger partial charge in [0.05, 0.1) is 0 Å². The van der Waals surface area contributed by atoms with Gasteiger partial charge in [-0.1, -0.05) is 6.08 Å². The van der Waals surface area contributed by atoms with Crippen molar-refractivity contribution in [3.8, 4) is 0 Å². The average Bonchev–Trinajstić information content (AvgIpc) is 2.76. The second-order valence-corrected chi connectivity index (χ2v) is 4.90. The second kappa shape index (κ2) is 7.93. The summed E-state index contributed by atoms with van der Waals surface area (Å²) < 4.78 is 2.06. The zero-order chi connectivity index (χ0) is 13.4. The summed E-state index contributed by atoms with van der Waals surface area (Å²) in [4.78, 5) is 6.66. The first-order valence-electron chi connectivity index (χ1n) is 6.71. The van der Waals surface area contributed by atoms with E-state index in [-0.39, 0.29) is 0 Å². The Morgan fingerprint density at radius 1 is 1.50 bits per heavy atom. The van der Waals surface area contributed by atoms with E-state index in [1.54, 1.807) is 0 Å². The summed E-state index contributed by atoms with van der Waals surface area (Å²) in [6.45, 7) is 11.1. The highest BCUT2D eigenvalue weighted by Gasteiger charge is 2.03. The fourth-order valence-corrected chi connectivity index (χ4v) is 1.71. The van der Waals surface area contributed by atoms with Crippen LogP contribution in [0.5, 0.6) is 0 Å². The average molecular weight is 250 g/mol. The van der Waals surface area contributed by atoms with E-state index < -0.39 is 0 Å². The van der Waals surface area contributed by atoms with Crippen molar-refractivity contribution < 1.29 is 0 Å². The first kappa shape index (κ1) is 14.8. The highest BCUT2D eigenvalue weighted by molar-refractivity contribution is 5.25. The molecule has 0 saturated carbocycles. The first-order chi connectivity index (χ1) is 8.65.